The van der Waals surface area contributed by atoms with Crippen molar-refractivity contribution in [3.63, 3.8) is 0 Å². The minimum Gasteiger partial charge on any atom is -0.367 e. The number of hydrogen-bond acceptors (Lipinski definition) is 5. The SMILES string of the molecule is Cc1nsc(N2CC(CCl)OC(C)(C)C2)n1. The van der Waals surface area contributed by atoms with Crippen LogP contribution in [0.15, 0.2) is 0 Å². The van der Waals surface area contributed by atoms with Crippen LogP contribution < -0.4 is 4.90 Å². The summed E-state index contributed by atoms with van der Waals surface area (Å²) < 4.78 is 10.1. The summed E-state index contributed by atoms with van der Waals surface area (Å²) in [6, 6.07) is 0. The second-order valence-corrected chi connectivity index (χ2v) is 5.70. The van der Waals surface area contributed by atoms with Crippen LogP contribution in [-0.2, 0) is 4.74 Å². The Balaban J connectivity index is 2.15. The van der Waals surface area contributed by atoms with Crippen LogP contribution in [0, 0.1) is 6.92 Å². The summed E-state index contributed by atoms with van der Waals surface area (Å²) >= 11 is 7.32. The van der Waals surface area contributed by atoms with Crippen molar-refractivity contribution in [2.45, 2.75) is 32.5 Å². The molecule has 1 fully saturated rings. The molecule has 1 unspecified atom stereocenters. The summed E-state index contributed by atoms with van der Waals surface area (Å²) in [7, 11) is 0. The summed E-state index contributed by atoms with van der Waals surface area (Å²) in [5.41, 5.74) is -0.183. The van der Waals surface area contributed by atoms with E-state index in [0.717, 1.165) is 24.0 Å². The molecule has 4 nitrogen and oxygen atoms in total. The maximum Gasteiger partial charge on any atom is 0.205 e. The van der Waals surface area contributed by atoms with Crippen LogP contribution in [0.4, 0.5) is 5.13 Å². The van der Waals surface area contributed by atoms with Gasteiger partial charge >= 0.3 is 0 Å². The number of morpholine rings is 1. The van der Waals surface area contributed by atoms with Crippen molar-refractivity contribution in [2.24, 2.45) is 0 Å². The van der Waals surface area contributed by atoms with E-state index in [4.69, 9.17) is 16.3 Å². The van der Waals surface area contributed by atoms with Gasteiger partial charge in [-0.1, -0.05) is 0 Å². The molecule has 0 N–H and O–H groups in total. The lowest BCUT2D eigenvalue weighted by Gasteiger charge is -2.42. The Kier molecular flexibility index (Phi) is 3.37. The quantitative estimate of drug-likeness (QED) is 0.764. The molecular weight excluding hydrogens is 246 g/mol. The molecule has 1 aromatic rings. The van der Waals surface area contributed by atoms with Crippen molar-refractivity contribution >= 4 is 28.3 Å². The Morgan fingerprint density at radius 2 is 2.38 bits per heavy atom. The summed E-state index contributed by atoms with van der Waals surface area (Å²) in [4.78, 5) is 6.61. The second-order valence-electron chi connectivity index (χ2n) is 4.66. The summed E-state index contributed by atoms with van der Waals surface area (Å²) in [5, 5.41) is 0.962. The molecular formula is C10H16ClN3OS. The third-order valence-corrected chi connectivity index (χ3v) is 3.65. The van der Waals surface area contributed by atoms with Crippen molar-refractivity contribution < 1.29 is 4.74 Å². The highest BCUT2D eigenvalue weighted by Gasteiger charge is 2.34. The van der Waals surface area contributed by atoms with E-state index in [1.54, 1.807) is 0 Å². The van der Waals surface area contributed by atoms with Crippen LogP contribution >= 0.6 is 23.1 Å². The van der Waals surface area contributed by atoms with E-state index in [1.807, 2.05) is 6.92 Å². The molecule has 90 valence electrons. The van der Waals surface area contributed by atoms with Crippen molar-refractivity contribution in [2.75, 3.05) is 23.9 Å². The highest BCUT2D eigenvalue weighted by Crippen LogP contribution is 2.27. The first-order chi connectivity index (χ1) is 7.50. The summed E-state index contributed by atoms with van der Waals surface area (Å²) in [6.07, 6.45) is 0.0645. The third-order valence-electron chi connectivity index (χ3n) is 2.44. The zero-order valence-electron chi connectivity index (χ0n) is 9.73. The van der Waals surface area contributed by atoms with Crippen LogP contribution in [0.25, 0.3) is 0 Å². The molecule has 1 aliphatic heterocycles. The number of aromatic nitrogens is 2. The van der Waals surface area contributed by atoms with Crippen LogP contribution in [-0.4, -0.2) is 40.0 Å². The molecule has 0 bridgehead atoms. The molecule has 0 amide bonds. The van der Waals surface area contributed by atoms with Crippen molar-refractivity contribution in [1.82, 2.24) is 9.36 Å². The number of aryl methyl sites for hydroxylation is 1. The normalized spacial score (nSPS) is 24.8. The highest BCUT2D eigenvalue weighted by atomic mass is 35.5. The van der Waals surface area contributed by atoms with Gasteiger partial charge in [0.05, 0.1) is 17.6 Å². The average Bonchev–Trinajstić information content (AvgIpc) is 2.62. The molecule has 6 heteroatoms. The first-order valence-electron chi connectivity index (χ1n) is 5.29. The Bertz CT molecular complexity index is 369. The van der Waals surface area contributed by atoms with Gasteiger partial charge in [-0.15, -0.1) is 11.6 Å². The van der Waals surface area contributed by atoms with E-state index in [2.05, 4.69) is 28.1 Å². The predicted molar refractivity (Wildman–Crippen MR) is 66.5 cm³/mol. The van der Waals surface area contributed by atoms with Crippen LogP contribution in [0.5, 0.6) is 0 Å². The topological polar surface area (TPSA) is 38.2 Å². The fourth-order valence-corrected chi connectivity index (χ4v) is 2.78. The van der Waals surface area contributed by atoms with Gasteiger partial charge in [0.15, 0.2) is 0 Å². The van der Waals surface area contributed by atoms with Crippen LogP contribution in [0.1, 0.15) is 19.7 Å². The highest BCUT2D eigenvalue weighted by molar-refractivity contribution is 7.09. The summed E-state index contributed by atoms with van der Waals surface area (Å²) in [5.74, 6) is 1.34. The minimum atomic E-state index is -0.183. The lowest BCUT2D eigenvalue weighted by atomic mass is 10.1. The van der Waals surface area contributed by atoms with Crippen LogP contribution in [0.2, 0.25) is 0 Å². The number of hydrogen-bond donors (Lipinski definition) is 0. The first-order valence-corrected chi connectivity index (χ1v) is 6.60. The van der Waals surface area contributed by atoms with Crippen LogP contribution in [0.3, 0.4) is 0 Å². The molecule has 0 radical (unpaired) electrons. The largest absolute Gasteiger partial charge is 0.367 e. The molecule has 0 aromatic carbocycles. The van der Waals surface area contributed by atoms with Crippen molar-refractivity contribution in [3.8, 4) is 0 Å². The zero-order valence-corrected chi connectivity index (χ0v) is 11.3. The van der Waals surface area contributed by atoms with E-state index in [1.165, 1.54) is 11.5 Å². The fraction of sp³-hybridized carbons (Fsp3) is 0.800. The number of nitrogens with zero attached hydrogens (tertiary/aromatic N) is 3. The van der Waals surface area contributed by atoms with Gasteiger partial charge in [-0.2, -0.15) is 4.37 Å². The van der Waals surface area contributed by atoms with Gasteiger partial charge in [-0.3, -0.25) is 0 Å². The van der Waals surface area contributed by atoms with Gasteiger partial charge in [0.2, 0.25) is 5.13 Å². The average molecular weight is 262 g/mol. The number of anilines is 1. The molecule has 16 heavy (non-hydrogen) atoms. The van der Waals surface area contributed by atoms with E-state index in [-0.39, 0.29) is 11.7 Å². The number of ether oxygens (including phenoxy) is 1. The lowest BCUT2D eigenvalue weighted by Crippen LogP contribution is -2.53. The Hall–Kier alpha value is -0.390. The molecule has 0 spiro atoms. The first kappa shape index (κ1) is 12.1. The van der Waals surface area contributed by atoms with Crippen molar-refractivity contribution in [3.05, 3.63) is 5.82 Å². The molecule has 0 saturated carbocycles. The van der Waals surface area contributed by atoms with Gasteiger partial charge in [0.25, 0.3) is 0 Å². The smallest absolute Gasteiger partial charge is 0.205 e. The molecule has 1 saturated heterocycles. The van der Waals surface area contributed by atoms with Gasteiger partial charge in [-0.25, -0.2) is 4.98 Å². The van der Waals surface area contributed by atoms with E-state index in [0.29, 0.717) is 5.88 Å². The van der Waals surface area contributed by atoms with Crippen molar-refractivity contribution in [1.29, 1.82) is 0 Å². The lowest BCUT2D eigenvalue weighted by molar-refractivity contribution is -0.0734. The van der Waals surface area contributed by atoms with E-state index in [9.17, 15) is 0 Å². The molecule has 2 heterocycles. The molecule has 0 aliphatic carbocycles. The second kappa shape index (κ2) is 4.47. The zero-order chi connectivity index (χ0) is 11.8. The predicted octanol–water partition coefficient (Wildman–Crippen LogP) is 2.07. The van der Waals surface area contributed by atoms with E-state index < -0.39 is 0 Å². The monoisotopic (exact) mass is 261 g/mol. The van der Waals surface area contributed by atoms with Gasteiger partial charge in [0, 0.05) is 24.6 Å². The maximum atomic E-state index is 5.88. The molecule has 2 rings (SSSR count). The standard InChI is InChI=1S/C10H16ClN3OS/c1-7-12-9(16-13-7)14-5-8(4-11)15-10(2,3)6-14/h8H,4-6H2,1-3H3. The Morgan fingerprint density at radius 1 is 1.62 bits per heavy atom. The Labute approximate surface area is 105 Å². The van der Waals surface area contributed by atoms with Gasteiger partial charge < -0.3 is 9.64 Å². The third kappa shape index (κ3) is 2.64. The Morgan fingerprint density at radius 3 is 2.94 bits per heavy atom. The number of halogens is 1. The van der Waals surface area contributed by atoms with E-state index >= 15 is 0 Å². The fourth-order valence-electron chi connectivity index (χ4n) is 1.94. The maximum absolute atomic E-state index is 5.88. The van der Waals surface area contributed by atoms with Gasteiger partial charge in [0.1, 0.15) is 5.82 Å². The molecule has 1 aliphatic rings. The number of rotatable bonds is 2. The minimum absolute atomic E-state index is 0.0645. The molecule has 1 aromatic heterocycles. The number of alkyl halides is 1. The summed E-state index contributed by atoms with van der Waals surface area (Å²) in [6.45, 7) is 7.68. The molecule has 1 atom stereocenters. The van der Waals surface area contributed by atoms with Gasteiger partial charge in [-0.05, 0) is 20.8 Å².